The predicted octanol–water partition coefficient (Wildman–Crippen LogP) is 5.75. The molecule has 2 aromatic carbocycles. The third-order valence-electron chi connectivity index (χ3n) is 5.27. The summed E-state index contributed by atoms with van der Waals surface area (Å²) in [7, 11) is 0. The summed E-state index contributed by atoms with van der Waals surface area (Å²) in [6, 6.07) is 13.4. The first-order valence-electron chi connectivity index (χ1n) is 10.3. The largest absolute Gasteiger partial charge is 0.490 e. The zero-order valence-electron chi connectivity index (χ0n) is 17.6. The number of rotatable bonds is 6. The second-order valence-electron chi connectivity index (χ2n) is 8.26. The van der Waals surface area contributed by atoms with Crippen molar-refractivity contribution in [2.75, 3.05) is 13.2 Å². The Labute approximate surface area is 178 Å². The Morgan fingerprint density at radius 3 is 2.14 bits per heavy atom. The molecule has 1 heterocycles. The second kappa shape index (κ2) is 9.53. The number of hydrogen-bond donors (Lipinski definition) is 1. The van der Waals surface area contributed by atoms with Gasteiger partial charge in [-0.25, -0.2) is 0 Å². The first-order valence-corrected chi connectivity index (χ1v) is 10.7. The van der Waals surface area contributed by atoms with Crippen LogP contribution in [0.2, 0.25) is 5.02 Å². The van der Waals surface area contributed by atoms with E-state index >= 15 is 0 Å². The summed E-state index contributed by atoms with van der Waals surface area (Å²) in [4.78, 5) is 13.3. The molecule has 2 aromatic rings. The Balaban J connectivity index is 1.85. The fourth-order valence-electron chi connectivity index (χ4n) is 3.76. The van der Waals surface area contributed by atoms with E-state index in [1.165, 1.54) is 0 Å². The molecule has 156 valence electrons. The number of ether oxygens (including phenoxy) is 2. The molecule has 1 N–H and O–H groups in total. The molecule has 0 bridgehead atoms. The fraction of sp³-hybridized carbons (Fsp3) is 0.458. The zero-order chi connectivity index (χ0) is 21.0. The van der Waals surface area contributed by atoms with Gasteiger partial charge in [0.15, 0.2) is 11.5 Å². The lowest BCUT2D eigenvalue weighted by molar-refractivity contribution is -0.124. The van der Waals surface area contributed by atoms with E-state index in [9.17, 15) is 4.79 Å². The van der Waals surface area contributed by atoms with Gasteiger partial charge in [-0.1, -0.05) is 57.5 Å². The van der Waals surface area contributed by atoms with Crippen LogP contribution in [0, 0.1) is 11.8 Å². The number of carbonyl (C=O) groups is 1. The maximum atomic E-state index is 13.3. The molecular weight excluding hydrogens is 386 g/mol. The Kier molecular flexibility index (Phi) is 7.07. The molecule has 5 heteroatoms. The van der Waals surface area contributed by atoms with Crippen molar-refractivity contribution in [3.8, 4) is 11.5 Å². The van der Waals surface area contributed by atoms with Gasteiger partial charge in [0, 0.05) is 11.4 Å². The third kappa shape index (κ3) is 5.24. The number of benzene rings is 2. The molecule has 1 aliphatic heterocycles. The monoisotopic (exact) mass is 415 g/mol. The van der Waals surface area contributed by atoms with Gasteiger partial charge in [-0.05, 0) is 47.2 Å². The molecule has 0 saturated heterocycles. The molecule has 0 aliphatic carbocycles. The first kappa shape index (κ1) is 21.5. The topological polar surface area (TPSA) is 47.6 Å². The molecule has 1 amide bonds. The third-order valence-corrected chi connectivity index (χ3v) is 5.53. The molecule has 4 nitrogen and oxygen atoms in total. The van der Waals surface area contributed by atoms with Gasteiger partial charge in [0.05, 0.1) is 25.2 Å². The normalized spacial score (nSPS) is 15.7. The highest BCUT2D eigenvalue weighted by molar-refractivity contribution is 6.30. The summed E-state index contributed by atoms with van der Waals surface area (Å²) in [5.74, 6) is 1.68. The van der Waals surface area contributed by atoms with Gasteiger partial charge in [0.2, 0.25) is 5.91 Å². The molecule has 2 unspecified atom stereocenters. The predicted molar refractivity (Wildman–Crippen MR) is 117 cm³/mol. The molecule has 1 aliphatic rings. The van der Waals surface area contributed by atoms with Crippen LogP contribution in [0.15, 0.2) is 42.5 Å². The van der Waals surface area contributed by atoms with Crippen molar-refractivity contribution in [1.29, 1.82) is 0 Å². The van der Waals surface area contributed by atoms with Gasteiger partial charge in [-0.2, -0.15) is 0 Å². The summed E-state index contributed by atoms with van der Waals surface area (Å²) in [6.07, 6.45) is 0.867. The second-order valence-corrected chi connectivity index (χ2v) is 8.70. The van der Waals surface area contributed by atoms with Crippen molar-refractivity contribution < 1.29 is 14.3 Å². The summed E-state index contributed by atoms with van der Waals surface area (Å²) < 4.78 is 11.6. The van der Waals surface area contributed by atoms with Crippen LogP contribution in [-0.2, 0) is 4.79 Å². The van der Waals surface area contributed by atoms with Crippen LogP contribution < -0.4 is 14.8 Å². The van der Waals surface area contributed by atoms with Crippen LogP contribution in [0.3, 0.4) is 0 Å². The molecule has 29 heavy (non-hydrogen) atoms. The van der Waals surface area contributed by atoms with Crippen molar-refractivity contribution in [3.05, 3.63) is 58.6 Å². The molecule has 3 rings (SSSR count). The van der Waals surface area contributed by atoms with Gasteiger partial charge < -0.3 is 14.8 Å². The van der Waals surface area contributed by atoms with Crippen molar-refractivity contribution in [2.45, 2.75) is 46.1 Å². The van der Waals surface area contributed by atoms with E-state index in [0.29, 0.717) is 18.2 Å². The van der Waals surface area contributed by atoms with Crippen molar-refractivity contribution >= 4 is 17.5 Å². The van der Waals surface area contributed by atoms with Crippen LogP contribution in [0.5, 0.6) is 11.5 Å². The summed E-state index contributed by atoms with van der Waals surface area (Å²) in [6.45, 7) is 9.66. The number of fused-ring (bicyclic) bond motifs is 1. The Morgan fingerprint density at radius 1 is 0.897 bits per heavy atom. The van der Waals surface area contributed by atoms with Gasteiger partial charge in [0.1, 0.15) is 0 Å². The average Bonchev–Trinajstić information content (AvgIpc) is 2.92. The molecule has 0 saturated carbocycles. The number of hydrogen-bond acceptors (Lipinski definition) is 3. The molecular formula is C24H30ClNO3. The lowest BCUT2D eigenvalue weighted by Crippen LogP contribution is -2.37. The SMILES string of the molecule is CC(C)C(NC(=O)C(c1ccc(Cl)cc1)C(C)C)c1ccc2c(c1)OCCCO2. The Hall–Kier alpha value is -2.20. The summed E-state index contributed by atoms with van der Waals surface area (Å²) in [5, 5.41) is 3.95. The van der Waals surface area contributed by atoms with Gasteiger partial charge >= 0.3 is 0 Å². The van der Waals surface area contributed by atoms with E-state index in [1.807, 2.05) is 42.5 Å². The minimum absolute atomic E-state index is 0.0214. The van der Waals surface area contributed by atoms with E-state index in [-0.39, 0.29) is 29.7 Å². The van der Waals surface area contributed by atoms with Gasteiger partial charge in [-0.15, -0.1) is 0 Å². The van der Waals surface area contributed by atoms with Crippen molar-refractivity contribution in [2.24, 2.45) is 11.8 Å². The highest BCUT2D eigenvalue weighted by Crippen LogP contribution is 2.35. The minimum atomic E-state index is -0.242. The Morgan fingerprint density at radius 2 is 1.52 bits per heavy atom. The van der Waals surface area contributed by atoms with Crippen molar-refractivity contribution in [3.63, 3.8) is 0 Å². The molecule has 0 spiro atoms. The maximum Gasteiger partial charge on any atom is 0.228 e. The standard InChI is InChI=1S/C24H30ClNO3/c1-15(2)22(17-6-9-19(25)10-7-17)24(27)26-23(16(3)4)18-8-11-20-21(14-18)29-13-5-12-28-20/h6-11,14-16,22-23H,5,12-13H2,1-4H3,(H,26,27). The number of nitrogens with one attached hydrogen (secondary N) is 1. The molecule has 0 fully saturated rings. The van der Waals surface area contributed by atoms with Crippen LogP contribution >= 0.6 is 11.6 Å². The summed E-state index contributed by atoms with van der Waals surface area (Å²) in [5.41, 5.74) is 2.00. The van der Waals surface area contributed by atoms with Gasteiger partial charge in [-0.3, -0.25) is 4.79 Å². The average molecular weight is 416 g/mol. The number of halogens is 1. The van der Waals surface area contributed by atoms with E-state index in [2.05, 4.69) is 33.0 Å². The van der Waals surface area contributed by atoms with E-state index in [0.717, 1.165) is 29.0 Å². The van der Waals surface area contributed by atoms with Crippen LogP contribution in [-0.4, -0.2) is 19.1 Å². The smallest absolute Gasteiger partial charge is 0.228 e. The minimum Gasteiger partial charge on any atom is -0.490 e. The number of amides is 1. The summed E-state index contributed by atoms with van der Waals surface area (Å²) >= 11 is 6.03. The highest BCUT2D eigenvalue weighted by Gasteiger charge is 2.28. The van der Waals surface area contributed by atoms with E-state index < -0.39 is 0 Å². The van der Waals surface area contributed by atoms with E-state index in [1.54, 1.807) is 0 Å². The van der Waals surface area contributed by atoms with Crippen LogP contribution in [0.1, 0.15) is 57.2 Å². The lowest BCUT2D eigenvalue weighted by atomic mass is 9.86. The first-order chi connectivity index (χ1) is 13.9. The molecule has 0 aromatic heterocycles. The number of carbonyl (C=O) groups excluding carboxylic acids is 1. The van der Waals surface area contributed by atoms with Crippen LogP contribution in [0.25, 0.3) is 0 Å². The Bertz CT molecular complexity index is 833. The van der Waals surface area contributed by atoms with Crippen LogP contribution in [0.4, 0.5) is 0 Å². The molecule has 0 radical (unpaired) electrons. The molecule has 2 atom stereocenters. The highest BCUT2D eigenvalue weighted by atomic mass is 35.5. The quantitative estimate of drug-likeness (QED) is 0.652. The fourth-order valence-corrected chi connectivity index (χ4v) is 3.89. The van der Waals surface area contributed by atoms with Gasteiger partial charge in [0.25, 0.3) is 0 Å². The van der Waals surface area contributed by atoms with E-state index in [4.69, 9.17) is 21.1 Å². The lowest BCUT2D eigenvalue weighted by Gasteiger charge is -2.28. The maximum absolute atomic E-state index is 13.3. The zero-order valence-corrected chi connectivity index (χ0v) is 18.3. The van der Waals surface area contributed by atoms with Crippen molar-refractivity contribution in [1.82, 2.24) is 5.32 Å².